The van der Waals surface area contributed by atoms with Crippen molar-refractivity contribution in [2.45, 2.75) is 32.4 Å². The Morgan fingerprint density at radius 3 is 2.39 bits per heavy atom. The average molecular weight is 253 g/mol. The lowest BCUT2D eigenvalue weighted by molar-refractivity contribution is -0.141. The molecule has 0 saturated carbocycles. The van der Waals surface area contributed by atoms with Crippen molar-refractivity contribution in [1.82, 2.24) is 4.90 Å². The maximum absolute atomic E-state index is 11.1. The topological polar surface area (TPSA) is 60.8 Å². The number of hydrogen-bond donors (Lipinski definition) is 2. The summed E-state index contributed by atoms with van der Waals surface area (Å²) in [6.45, 7) is 4.15. The minimum atomic E-state index is -0.890. The Morgan fingerprint density at radius 2 is 1.89 bits per heavy atom. The zero-order chi connectivity index (χ0) is 14.0. The smallest absolute Gasteiger partial charge is 0.324 e. The van der Waals surface area contributed by atoms with Gasteiger partial charge < -0.3 is 10.2 Å². The number of carboxylic acid groups (broad SMARTS) is 1. The molecule has 18 heavy (non-hydrogen) atoms. The second kappa shape index (κ2) is 9.62. The van der Waals surface area contributed by atoms with Crippen molar-refractivity contribution in [2.24, 2.45) is 0 Å². The molecular weight excluding hydrogens is 230 g/mol. The molecule has 2 unspecified atom stereocenters. The lowest BCUT2D eigenvalue weighted by atomic mass is 10.2. The molecule has 102 valence electrons. The van der Waals surface area contributed by atoms with Gasteiger partial charge in [-0.1, -0.05) is 36.5 Å². The molecule has 4 heteroatoms. The molecule has 0 aliphatic rings. The van der Waals surface area contributed by atoms with E-state index in [1.807, 2.05) is 25.2 Å². The molecule has 0 saturated heterocycles. The standard InChI is InChI=1S/C14H23NO3/c1-4-5-6-7-8-9-13(14(17)18)15(3)11-10-12(2)16/h4-9,12-13,16H,10-11H2,1-3H3,(H,17,18)/b5-4-,7-6-,9-8+. The van der Waals surface area contributed by atoms with Gasteiger partial charge in [0.05, 0.1) is 6.10 Å². The van der Waals surface area contributed by atoms with Gasteiger partial charge in [-0.2, -0.15) is 0 Å². The van der Waals surface area contributed by atoms with Gasteiger partial charge in [-0.3, -0.25) is 9.69 Å². The van der Waals surface area contributed by atoms with E-state index < -0.39 is 18.1 Å². The van der Waals surface area contributed by atoms with Crippen molar-refractivity contribution in [3.63, 3.8) is 0 Å². The highest BCUT2D eigenvalue weighted by atomic mass is 16.4. The lowest BCUT2D eigenvalue weighted by Gasteiger charge is -2.22. The second-order valence-corrected chi connectivity index (χ2v) is 4.20. The summed E-state index contributed by atoms with van der Waals surface area (Å²) in [6, 6.07) is -0.668. The molecule has 0 heterocycles. The van der Waals surface area contributed by atoms with Gasteiger partial charge in [0.1, 0.15) is 6.04 Å². The third-order valence-electron chi connectivity index (χ3n) is 2.45. The van der Waals surface area contributed by atoms with E-state index in [-0.39, 0.29) is 0 Å². The Labute approximate surface area is 109 Å². The molecule has 0 aliphatic heterocycles. The van der Waals surface area contributed by atoms with E-state index in [0.29, 0.717) is 13.0 Å². The summed E-state index contributed by atoms with van der Waals surface area (Å²) in [6.07, 6.45) is 10.9. The number of aliphatic hydroxyl groups is 1. The number of likely N-dealkylation sites (N-methyl/N-ethyl adjacent to an activating group) is 1. The van der Waals surface area contributed by atoms with Gasteiger partial charge in [-0.25, -0.2) is 0 Å². The van der Waals surface area contributed by atoms with E-state index in [9.17, 15) is 9.90 Å². The van der Waals surface area contributed by atoms with Gasteiger partial charge in [0.25, 0.3) is 0 Å². The van der Waals surface area contributed by atoms with Crippen molar-refractivity contribution in [2.75, 3.05) is 13.6 Å². The van der Waals surface area contributed by atoms with Crippen molar-refractivity contribution in [3.05, 3.63) is 36.5 Å². The van der Waals surface area contributed by atoms with Crippen LogP contribution >= 0.6 is 0 Å². The maximum Gasteiger partial charge on any atom is 0.324 e. The fourth-order valence-corrected chi connectivity index (χ4v) is 1.36. The van der Waals surface area contributed by atoms with E-state index in [0.717, 1.165) is 0 Å². The summed E-state index contributed by atoms with van der Waals surface area (Å²) in [7, 11) is 1.74. The van der Waals surface area contributed by atoms with Gasteiger partial charge in [-0.15, -0.1) is 0 Å². The number of carboxylic acids is 1. The molecule has 0 aromatic carbocycles. The van der Waals surface area contributed by atoms with Crippen LogP contribution in [0.2, 0.25) is 0 Å². The number of allylic oxidation sites excluding steroid dienone is 5. The quantitative estimate of drug-likeness (QED) is 0.648. The molecule has 4 nitrogen and oxygen atoms in total. The number of aliphatic hydroxyl groups excluding tert-OH is 1. The Kier molecular flexibility index (Phi) is 8.88. The Hall–Kier alpha value is -1.39. The summed E-state index contributed by atoms with van der Waals surface area (Å²) >= 11 is 0. The monoisotopic (exact) mass is 253 g/mol. The summed E-state index contributed by atoms with van der Waals surface area (Å²) in [5.41, 5.74) is 0. The Balaban J connectivity index is 4.42. The van der Waals surface area contributed by atoms with E-state index >= 15 is 0 Å². The van der Waals surface area contributed by atoms with Crippen molar-refractivity contribution >= 4 is 5.97 Å². The van der Waals surface area contributed by atoms with Crippen LogP contribution in [0.25, 0.3) is 0 Å². The molecule has 0 aromatic heterocycles. The first-order valence-electron chi connectivity index (χ1n) is 6.06. The third-order valence-corrected chi connectivity index (χ3v) is 2.45. The number of nitrogens with zero attached hydrogens (tertiary/aromatic N) is 1. The Bertz CT molecular complexity index is 319. The summed E-state index contributed by atoms with van der Waals surface area (Å²) in [5, 5.41) is 18.3. The van der Waals surface area contributed by atoms with Gasteiger partial charge in [-0.05, 0) is 27.3 Å². The summed E-state index contributed by atoms with van der Waals surface area (Å²) in [5.74, 6) is -0.890. The van der Waals surface area contributed by atoms with Gasteiger partial charge in [0.15, 0.2) is 0 Å². The third kappa shape index (κ3) is 7.81. The van der Waals surface area contributed by atoms with Crippen LogP contribution in [0.15, 0.2) is 36.5 Å². The highest BCUT2D eigenvalue weighted by Crippen LogP contribution is 2.02. The highest BCUT2D eigenvalue weighted by molar-refractivity contribution is 5.75. The average Bonchev–Trinajstić information content (AvgIpc) is 2.30. The van der Waals surface area contributed by atoms with E-state index in [1.54, 1.807) is 37.1 Å². The first-order chi connectivity index (χ1) is 8.49. The van der Waals surface area contributed by atoms with Crippen LogP contribution < -0.4 is 0 Å². The molecule has 0 aromatic rings. The lowest BCUT2D eigenvalue weighted by Crippen LogP contribution is -2.38. The minimum absolute atomic E-state index is 0.416. The minimum Gasteiger partial charge on any atom is -0.480 e. The molecule has 0 aliphatic carbocycles. The predicted molar refractivity (Wildman–Crippen MR) is 73.4 cm³/mol. The first kappa shape index (κ1) is 16.6. The van der Waals surface area contributed by atoms with Crippen LogP contribution in [0.1, 0.15) is 20.3 Å². The normalized spacial score (nSPS) is 16.1. The zero-order valence-corrected chi connectivity index (χ0v) is 11.3. The fraction of sp³-hybridized carbons (Fsp3) is 0.500. The first-order valence-corrected chi connectivity index (χ1v) is 6.06. The summed E-state index contributed by atoms with van der Waals surface area (Å²) in [4.78, 5) is 12.8. The van der Waals surface area contributed by atoms with E-state index in [4.69, 9.17) is 5.11 Å². The van der Waals surface area contributed by atoms with Crippen molar-refractivity contribution < 1.29 is 15.0 Å². The molecule has 0 fully saturated rings. The number of aliphatic carboxylic acids is 1. The van der Waals surface area contributed by atoms with Crippen LogP contribution in [-0.4, -0.2) is 46.8 Å². The van der Waals surface area contributed by atoms with Gasteiger partial charge in [0, 0.05) is 6.54 Å². The zero-order valence-electron chi connectivity index (χ0n) is 11.3. The fourth-order valence-electron chi connectivity index (χ4n) is 1.36. The van der Waals surface area contributed by atoms with Crippen molar-refractivity contribution in [1.29, 1.82) is 0 Å². The molecule has 0 bridgehead atoms. The summed E-state index contributed by atoms with van der Waals surface area (Å²) < 4.78 is 0. The van der Waals surface area contributed by atoms with Crippen LogP contribution in [-0.2, 0) is 4.79 Å². The van der Waals surface area contributed by atoms with Crippen LogP contribution in [0.3, 0.4) is 0 Å². The second-order valence-electron chi connectivity index (χ2n) is 4.20. The van der Waals surface area contributed by atoms with E-state index in [2.05, 4.69) is 0 Å². The molecule has 0 rings (SSSR count). The largest absolute Gasteiger partial charge is 0.480 e. The molecule has 2 N–H and O–H groups in total. The maximum atomic E-state index is 11.1. The van der Waals surface area contributed by atoms with Crippen LogP contribution in [0, 0.1) is 0 Å². The van der Waals surface area contributed by atoms with Gasteiger partial charge in [0.2, 0.25) is 0 Å². The van der Waals surface area contributed by atoms with Gasteiger partial charge >= 0.3 is 5.97 Å². The molecule has 0 amide bonds. The number of carbonyl (C=O) groups is 1. The molecular formula is C14H23NO3. The predicted octanol–water partition coefficient (Wildman–Crippen LogP) is 1.83. The van der Waals surface area contributed by atoms with Crippen LogP contribution in [0.5, 0.6) is 0 Å². The van der Waals surface area contributed by atoms with E-state index in [1.165, 1.54) is 0 Å². The SMILES string of the molecule is C\C=C/C=C\C=C\C(C(=O)O)N(C)CCC(C)O. The molecule has 0 spiro atoms. The highest BCUT2D eigenvalue weighted by Gasteiger charge is 2.19. The number of rotatable bonds is 8. The number of hydrogen-bond acceptors (Lipinski definition) is 3. The Morgan fingerprint density at radius 1 is 1.28 bits per heavy atom. The van der Waals surface area contributed by atoms with Crippen LogP contribution in [0.4, 0.5) is 0 Å². The van der Waals surface area contributed by atoms with Crippen molar-refractivity contribution in [3.8, 4) is 0 Å². The molecule has 0 radical (unpaired) electrons. The molecule has 2 atom stereocenters.